The van der Waals surface area contributed by atoms with Gasteiger partial charge in [-0.3, -0.25) is 0 Å². The fourth-order valence-corrected chi connectivity index (χ4v) is 2.09. The van der Waals surface area contributed by atoms with Gasteiger partial charge in [0, 0.05) is 5.69 Å². The van der Waals surface area contributed by atoms with Crippen LogP contribution in [0.25, 0.3) is 0 Å². The number of furan rings is 1. The topological polar surface area (TPSA) is 109 Å². The van der Waals surface area contributed by atoms with E-state index in [4.69, 9.17) is 14.3 Å². The highest BCUT2D eigenvalue weighted by atomic mass is 16.5. The number of aliphatic hydroxyl groups excluding tert-OH is 1. The number of aromatic carboxylic acids is 1. The summed E-state index contributed by atoms with van der Waals surface area (Å²) in [4.78, 5) is 23.4. The molecule has 23 heavy (non-hydrogen) atoms. The van der Waals surface area contributed by atoms with E-state index in [1.165, 1.54) is 6.07 Å². The number of benzene rings is 1. The number of nitrogens with one attached hydrogen (secondary N) is 1. The number of anilines is 1. The SMILES string of the molecule is CCOC(=O)c1cccc(NCc2ccc(CO)o2)c1C(=O)O. The van der Waals surface area contributed by atoms with Gasteiger partial charge < -0.3 is 24.7 Å². The zero-order valence-corrected chi connectivity index (χ0v) is 12.5. The summed E-state index contributed by atoms with van der Waals surface area (Å²) in [5, 5.41) is 21.3. The molecule has 0 atom stereocenters. The summed E-state index contributed by atoms with van der Waals surface area (Å²) in [6, 6.07) is 7.84. The number of ether oxygens (including phenoxy) is 1. The van der Waals surface area contributed by atoms with Crippen LogP contribution in [0.1, 0.15) is 39.2 Å². The normalized spacial score (nSPS) is 10.3. The molecule has 0 aliphatic rings. The van der Waals surface area contributed by atoms with Crippen LogP contribution in [0.3, 0.4) is 0 Å². The van der Waals surface area contributed by atoms with E-state index in [2.05, 4.69) is 5.32 Å². The summed E-state index contributed by atoms with van der Waals surface area (Å²) < 4.78 is 10.2. The third-order valence-electron chi connectivity index (χ3n) is 3.10. The van der Waals surface area contributed by atoms with Gasteiger partial charge in [-0.1, -0.05) is 6.07 Å². The van der Waals surface area contributed by atoms with E-state index < -0.39 is 11.9 Å². The highest BCUT2D eigenvalue weighted by Crippen LogP contribution is 2.22. The van der Waals surface area contributed by atoms with E-state index in [1.807, 2.05) is 0 Å². The minimum absolute atomic E-state index is 0.0140. The molecule has 7 heteroatoms. The predicted molar refractivity (Wildman–Crippen MR) is 81.3 cm³/mol. The lowest BCUT2D eigenvalue weighted by atomic mass is 10.1. The van der Waals surface area contributed by atoms with Crippen LogP contribution in [0.15, 0.2) is 34.7 Å². The Labute approximate surface area is 132 Å². The van der Waals surface area contributed by atoms with Gasteiger partial charge in [0.1, 0.15) is 18.1 Å². The second-order valence-electron chi connectivity index (χ2n) is 4.63. The molecule has 0 fully saturated rings. The number of carbonyl (C=O) groups excluding carboxylic acids is 1. The number of rotatable bonds is 7. The quantitative estimate of drug-likeness (QED) is 0.671. The van der Waals surface area contributed by atoms with Gasteiger partial charge in [-0.25, -0.2) is 9.59 Å². The van der Waals surface area contributed by atoms with E-state index in [-0.39, 0.29) is 36.6 Å². The number of hydrogen-bond acceptors (Lipinski definition) is 6. The first-order valence-electron chi connectivity index (χ1n) is 7.02. The fraction of sp³-hybridized carbons (Fsp3) is 0.250. The summed E-state index contributed by atoms with van der Waals surface area (Å²) in [7, 11) is 0. The van der Waals surface area contributed by atoms with Gasteiger partial charge in [-0.05, 0) is 31.2 Å². The van der Waals surface area contributed by atoms with Crippen molar-refractivity contribution in [2.24, 2.45) is 0 Å². The minimum atomic E-state index is -1.23. The summed E-state index contributed by atoms with van der Waals surface area (Å²) in [6.07, 6.45) is 0. The molecule has 0 bridgehead atoms. The number of esters is 1. The van der Waals surface area contributed by atoms with Gasteiger partial charge in [0.15, 0.2) is 0 Å². The second kappa shape index (κ2) is 7.46. The standard InChI is InChI=1S/C16H17NO6/c1-2-22-16(21)12-4-3-5-13(14(12)15(19)20)17-8-10-6-7-11(9-18)23-10/h3-7,17-18H,2,8-9H2,1H3,(H,19,20). The summed E-state index contributed by atoms with van der Waals surface area (Å²) in [5.74, 6) is -0.965. The van der Waals surface area contributed by atoms with Gasteiger partial charge in [0.25, 0.3) is 0 Å². The molecule has 1 heterocycles. The molecule has 122 valence electrons. The average Bonchev–Trinajstić information content (AvgIpc) is 3.00. The molecule has 2 rings (SSSR count). The molecule has 0 saturated heterocycles. The van der Waals surface area contributed by atoms with Gasteiger partial charge in [-0.2, -0.15) is 0 Å². The van der Waals surface area contributed by atoms with Gasteiger partial charge in [0.05, 0.1) is 24.3 Å². The lowest BCUT2D eigenvalue weighted by molar-refractivity contribution is 0.0515. The molecular weight excluding hydrogens is 302 g/mol. The third kappa shape index (κ3) is 3.89. The van der Waals surface area contributed by atoms with Crippen molar-refractivity contribution in [1.29, 1.82) is 0 Å². The van der Waals surface area contributed by atoms with Crippen LogP contribution in [0.5, 0.6) is 0 Å². The molecule has 0 amide bonds. The summed E-state index contributed by atoms with van der Waals surface area (Å²) in [5.41, 5.74) is 0.115. The number of hydrogen-bond donors (Lipinski definition) is 3. The van der Waals surface area contributed by atoms with E-state index in [9.17, 15) is 14.7 Å². The first-order valence-corrected chi connectivity index (χ1v) is 7.02. The first-order chi connectivity index (χ1) is 11.1. The van der Waals surface area contributed by atoms with Crippen LogP contribution in [0, 0.1) is 0 Å². The maximum absolute atomic E-state index is 11.9. The van der Waals surface area contributed by atoms with Crippen molar-refractivity contribution in [2.45, 2.75) is 20.1 Å². The van der Waals surface area contributed by atoms with Gasteiger partial charge in [0.2, 0.25) is 0 Å². The fourth-order valence-electron chi connectivity index (χ4n) is 2.09. The van der Waals surface area contributed by atoms with E-state index in [1.54, 1.807) is 31.2 Å². The molecule has 0 aliphatic heterocycles. The monoisotopic (exact) mass is 319 g/mol. The molecule has 0 saturated carbocycles. The molecule has 0 aliphatic carbocycles. The summed E-state index contributed by atoms with van der Waals surface area (Å²) >= 11 is 0. The first kappa shape index (κ1) is 16.6. The van der Waals surface area contributed by atoms with Gasteiger partial charge in [-0.15, -0.1) is 0 Å². The Hall–Kier alpha value is -2.80. The molecular formula is C16H17NO6. The maximum Gasteiger partial charge on any atom is 0.339 e. The Morgan fingerprint density at radius 3 is 2.57 bits per heavy atom. The van der Waals surface area contributed by atoms with Crippen molar-refractivity contribution >= 4 is 17.6 Å². The Morgan fingerprint density at radius 1 is 1.22 bits per heavy atom. The van der Waals surface area contributed by atoms with Crippen molar-refractivity contribution in [3.63, 3.8) is 0 Å². The van der Waals surface area contributed by atoms with Crippen molar-refractivity contribution in [2.75, 3.05) is 11.9 Å². The molecule has 0 radical (unpaired) electrons. The Kier molecular flexibility index (Phi) is 5.37. The van der Waals surface area contributed by atoms with Gasteiger partial charge >= 0.3 is 11.9 Å². The minimum Gasteiger partial charge on any atom is -0.478 e. The lowest BCUT2D eigenvalue weighted by Gasteiger charge is -2.12. The number of aliphatic hydroxyl groups is 1. The Bertz CT molecular complexity index is 706. The molecule has 0 unspecified atom stereocenters. The van der Waals surface area contributed by atoms with Crippen molar-refractivity contribution in [3.05, 3.63) is 53.0 Å². The predicted octanol–water partition coefficient (Wildman–Crippen LogP) is 2.26. The number of carboxylic acid groups (broad SMARTS) is 1. The number of carboxylic acids is 1. The maximum atomic E-state index is 11.9. The van der Waals surface area contributed by atoms with Crippen LogP contribution in [0.2, 0.25) is 0 Å². The molecule has 1 aromatic heterocycles. The van der Waals surface area contributed by atoms with Crippen molar-refractivity contribution in [3.8, 4) is 0 Å². The smallest absolute Gasteiger partial charge is 0.339 e. The van der Waals surface area contributed by atoms with E-state index in [0.29, 0.717) is 11.5 Å². The average molecular weight is 319 g/mol. The number of carbonyl (C=O) groups is 2. The molecule has 1 aromatic carbocycles. The van der Waals surface area contributed by atoms with E-state index in [0.717, 1.165) is 0 Å². The summed E-state index contributed by atoms with van der Waals surface area (Å²) in [6.45, 7) is 1.81. The molecule has 3 N–H and O–H groups in total. The zero-order chi connectivity index (χ0) is 16.8. The molecule has 2 aromatic rings. The molecule has 7 nitrogen and oxygen atoms in total. The highest BCUT2D eigenvalue weighted by molar-refractivity contribution is 6.06. The lowest BCUT2D eigenvalue weighted by Crippen LogP contribution is -2.14. The van der Waals surface area contributed by atoms with Crippen molar-refractivity contribution < 1.29 is 29.0 Å². The van der Waals surface area contributed by atoms with Crippen LogP contribution in [0.4, 0.5) is 5.69 Å². The van der Waals surface area contributed by atoms with Crippen molar-refractivity contribution in [1.82, 2.24) is 0 Å². The Balaban J connectivity index is 2.25. The largest absolute Gasteiger partial charge is 0.478 e. The van der Waals surface area contributed by atoms with Crippen LogP contribution in [-0.2, 0) is 17.9 Å². The van der Waals surface area contributed by atoms with E-state index >= 15 is 0 Å². The molecule has 0 spiro atoms. The van der Waals surface area contributed by atoms with Crippen LogP contribution >= 0.6 is 0 Å². The van der Waals surface area contributed by atoms with Crippen LogP contribution < -0.4 is 5.32 Å². The van der Waals surface area contributed by atoms with Crippen LogP contribution in [-0.4, -0.2) is 28.8 Å². The third-order valence-corrected chi connectivity index (χ3v) is 3.10. The Morgan fingerprint density at radius 2 is 1.96 bits per heavy atom. The zero-order valence-electron chi connectivity index (χ0n) is 12.5. The highest BCUT2D eigenvalue weighted by Gasteiger charge is 2.21. The second-order valence-corrected chi connectivity index (χ2v) is 4.63.